The average Bonchev–Trinajstić information content (AvgIpc) is 3.59. The van der Waals surface area contributed by atoms with Gasteiger partial charge in [-0.3, -0.25) is 4.57 Å². The summed E-state index contributed by atoms with van der Waals surface area (Å²) in [6.45, 7) is 0.485. The lowest BCUT2D eigenvalue weighted by Crippen LogP contribution is -2.04. The molecule has 6 rings (SSSR count). The summed E-state index contributed by atoms with van der Waals surface area (Å²) >= 11 is 1.56. The summed E-state index contributed by atoms with van der Waals surface area (Å²) in [5, 5.41) is 11.0. The molecule has 0 N–H and O–H groups in total. The Morgan fingerprint density at radius 1 is 0.833 bits per heavy atom. The number of para-hydroxylation sites is 1. The van der Waals surface area contributed by atoms with E-state index < -0.39 is 0 Å². The summed E-state index contributed by atoms with van der Waals surface area (Å²) in [6.07, 6.45) is 1.67. The lowest BCUT2D eigenvalue weighted by molar-refractivity contribution is 0.485. The van der Waals surface area contributed by atoms with Crippen LogP contribution in [-0.2, 0) is 12.3 Å². The van der Waals surface area contributed by atoms with Crippen molar-refractivity contribution in [2.24, 2.45) is 0 Å². The van der Waals surface area contributed by atoms with Crippen molar-refractivity contribution in [2.45, 2.75) is 17.5 Å². The molecule has 0 spiro atoms. The van der Waals surface area contributed by atoms with Crippen LogP contribution >= 0.6 is 11.8 Å². The molecule has 0 saturated carbocycles. The number of nitrogens with zero attached hydrogens (tertiary/aromatic N) is 4. The highest BCUT2D eigenvalue weighted by Crippen LogP contribution is 2.34. The SMILES string of the molecule is Fc1ccc(CSc2nnc(-c3cc(-c4ccccc4)nc4ccccc34)n2Cc2ccco2)cc1. The fraction of sp³-hybridized carbons (Fsp3) is 0.0690. The smallest absolute Gasteiger partial charge is 0.192 e. The summed E-state index contributed by atoms with van der Waals surface area (Å²) in [6, 6.07) is 30.6. The Morgan fingerprint density at radius 2 is 1.64 bits per heavy atom. The summed E-state index contributed by atoms with van der Waals surface area (Å²) in [5.41, 5.74) is 4.76. The molecule has 0 aliphatic heterocycles. The summed E-state index contributed by atoms with van der Waals surface area (Å²) in [4.78, 5) is 4.92. The van der Waals surface area contributed by atoms with E-state index in [0.717, 1.165) is 50.0 Å². The molecule has 0 bridgehead atoms. The van der Waals surface area contributed by atoms with E-state index in [1.54, 1.807) is 30.2 Å². The highest BCUT2D eigenvalue weighted by Gasteiger charge is 2.19. The standard InChI is InChI=1S/C29H21FN4OS/c30-22-14-12-20(13-15-22)19-36-29-33-32-28(34(29)18-23-9-6-16-35-23)25-17-27(21-7-2-1-3-8-21)31-26-11-5-4-10-24(25)26/h1-17H,18-19H2. The van der Waals surface area contributed by atoms with E-state index in [2.05, 4.69) is 39.0 Å². The van der Waals surface area contributed by atoms with Gasteiger partial charge in [0.1, 0.15) is 11.6 Å². The van der Waals surface area contributed by atoms with Gasteiger partial charge in [-0.15, -0.1) is 10.2 Å². The van der Waals surface area contributed by atoms with Gasteiger partial charge in [0, 0.05) is 22.3 Å². The van der Waals surface area contributed by atoms with Gasteiger partial charge in [0.25, 0.3) is 0 Å². The van der Waals surface area contributed by atoms with E-state index in [9.17, 15) is 4.39 Å². The number of rotatable bonds is 7. The molecule has 3 aromatic heterocycles. The number of fused-ring (bicyclic) bond motifs is 1. The van der Waals surface area contributed by atoms with Gasteiger partial charge in [0.05, 0.1) is 24.0 Å². The Balaban J connectivity index is 1.46. The predicted molar refractivity (Wildman–Crippen MR) is 140 cm³/mol. The third-order valence-corrected chi connectivity index (χ3v) is 6.96. The molecular weight excluding hydrogens is 471 g/mol. The molecule has 3 aromatic carbocycles. The van der Waals surface area contributed by atoms with Crippen LogP contribution in [0.4, 0.5) is 4.39 Å². The van der Waals surface area contributed by atoms with Crippen molar-refractivity contribution in [1.29, 1.82) is 0 Å². The van der Waals surface area contributed by atoms with Crippen molar-refractivity contribution in [3.05, 3.63) is 120 Å². The summed E-state index contributed by atoms with van der Waals surface area (Å²) < 4.78 is 21.1. The highest BCUT2D eigenvalue weighted by molar-refractivity contribution is 7.98. The molecule has 0 radical (unpaired) electrons. The summed E-state index contributed by atoms with van der Waals surface area (Å²) in [7, 11) is 0. The van der Waals surface area contributed by atoms with Crippen molar-refractivity contribution in [3.63, 3.8) is 0 Å². The van der Waals surface area contributed by atoms with E-state index in [-0.39, 0.29) is 5.82 Å². The minimum Gasteiger partial charge on any atom is -0.467 e. The van der Waals surface area contributed by atoms with Crippen LogP contribution < -0.4 is 0 Å². The molecule has 6 aromatic rings. The van der Waals surface area contributed by atoms with Crippen molar-refractivity contribution < 1.29 is 8.81 Å². The maximum Gasteiger partial charge on any atom is 0.192 e. The van der Waals surface area contributed by atoms with Crippen LogP contribution in [0.3, 0.4) is 0 Å². The number of furan rings is 1. The molecule has 5 nitrogen and oxygen atoms in total. The second-order valence-corrected chi connectivity index (χ2v) is 9.27. The first-order chi connectivity index (χ1) is 17.7. The lowest BCUT2D eigenvalue weighted by Gasteiger charge is -2.12. The van der Waals surface area contributed by atoms with Gasteiger partial charge in [-0.2, -0.15) is 0 Å². The molecule has 0 unspecified atom stereocenters. The third-order valence-electron chi connectivity index (χ3n) is 5.92. The minimum atomic E-state index is -0.245. The van der Waals surface area contributed by atoms with Gasteiger partial charge >= 0.3 is 0 Å². The number of thioether (sulfide) groups is 1. The molecule has 176 valence electrons. The number of halogens is 1. The highest BCUT2D eigenvalue weighted by atomic mass is 32.2. The van der Waals surface area contributed by atoms with Crippen LogP contribution in [0.25, 0.3) is 33.5 Å². The molecule has 0 atom stereocenters. The van der Waals surface area contributed by atoms with Gasteiger partial charge in [0.15, 0.2) is 11.0 Å². The number of pyridine rings is 1. The third kappa shape index (κ3) is 4.53. The molecule has 0 saturated heterocycles. The van der Waals surface area contributed by atoms with Crippen LogP contribution in [0.1, 0.15) is 11.3 Å². The molecule has 0 amide bonds. The number of hydrogen-bond donors (Lipinski definition) is 0. The first kappa shape index (κ1) is 22.2. The monoisotopic (exact) mass is 492 g/mol. The zero-order valence-corrected chi connectivity index (χ0v) is 20.0. The molecular formula is C29H21FN4OS. The Labute approximate surface area is 211 Å². The van der Waals surface area contributed by atoms with Crippen molar-refractivity contribution in [3.8, 4) is 22.6 Å². The van der Waals surface area contributed by atoms with E-state index in [1.807, 2.05) is 48.5 Å². The zero-order valence-electron chi connectivity index (χ0n) is 19.2. The quantitative estimate of drug-likeness (QED) is 0.220. The van der Waals surface area contributed by atoms with Crippen molar-refractivity contribution in [1.82, 2.24) is 19.7 Å². The molecule has 7 heteroatoms. The van der Waals surface area contributed by atoms with E-state index >= 15 is 0 Å². The number of aromatic nitrogens is 4. The first-order valence-electron chi connectivity index (χ1n) is 11.5. The average molecular weight is 493 g/mol. The van der Waals surface area contributed by atoms with Crippen LogP contribution in [0.15, 0.2) is 113 Å². The van der Waals surface area contributed by atoms with Crippen LogP contribution in [0.5, 0.6) is 0 Å². The second kappa shape index (κ2) is 9.79. The Morgan fingerprint density at radius 3 is 2.44 bits per heavy atom. The van der Waals surface area contributed by atoms with Gasteiger partial charge in [-0.25, -0.2) is 9.37 Å². The van der Waals surface area contributed by atoms with E-state index in [0.29, 0.717) is 12.3 Å². The van der Waals surface area contributed by atoms with Crippen molar-refractivity contribution in [2.75, 3.05) is 0 Å². The largest absolute Gasteiger partial charge is 0.467 e. The summed E-state index contributed by atoms with van der Waals surface area (Å²) in [5.74, 6) is 1.94. The Bertz CT molecular complexity index is 1610. The van der Waals surface area contributed by atoms with Crippen LogP contribution in [0.2, 0.25) is 0 Å². The van der Waals surface area contributed by atoms with Gasteiger partial charge in [0.2, 0.25) is 0 Å². The zero-order chi connectivity index (χ0) is 24.3. The van der Waals surface area contributed by atoms with Crippen LogP contribution in [-0.4, -0.2) is 19.7 Å². The fourth-order valence-corrected chi connectivity index (χ4v) is 5.03. The van der Waals surface area contributed by atoms with Gasteiger partial charge < -0.3 is 4.42 Å². The van der Waals surface area contributed by atoms with Crippen molar-refractivity contribution >= 4 is 22.7 Å². The second-order valence-electron chi connectivity index (χ2n) is 8.33. The molecule has 3 heterocycles. The number of hydrogen-bond acceptors (Lipinski definition) is 5. The van der Waals surface area contributed by atoms with E-state index in [1.165, 1.54) is 12.1 Å². The first-order valence-corrected chi connectivity index (χ1v) is 12.5. The number of benzene rings is 3. The Kier molecular flexibility index (Phi) is 6.05. The molecule has 36 heavy (non-hydrogen) atoms. The predicted octanol–water partition coefficient (Wildman–Crippen LogP) is 7.23. The molecule has 0 aliphatic carbocycles. The fourth-order valence-electron chi connectivity index (χ4n) is 4.14. The Hall–Kier alpha value is -4.23. The maximum atomic E-state index is 13.4. The van der Waals surface area contributed by atoms with Crippen LogP contribution in [0, 0.1) is 5.82 Å². The lowest BCUT2D eigenvalue weighted by atomic mass is 10.0. The van der Waals surface area contributed by atoms with Gasteiger partial charge in [-0.1, -0.05) is 72.4 Å². The molecule has 0 aliphatic rings. The van der Waals surface area contributed by atoms with E-state index in [4.69, 9.17) is 9.40 Å². The van der Waals surface area contributed by atoms with Gasteiger partial charge in [-0.05, 0) is 42.0 Å². The molecule has 0 fully saturated rings. The normalized spacial score (nSPS) is 11.2. The maximum absolute atomic E-state index is 13.4. The minimum absolute atomic E-state index is 0.245. The topological polar surface area (TPSA) is 56.7 Å².